The number of hydrogen-bond donors (Lipinski definition) is 1. The lowest BCUT2D eigenvalue weighted by atomic mass is 10.1. The summed E-state index contributed by atoms with van der Waals surface area (Å²) in [5.41, 5.74) is 2.44. The Kier molecular flexibility index (Phi) is 5.69. The third kappa shape index (κ3) is 4.41. The zero-order chi connectivity index (χ0) is 15.9. The molecular weight excluding hydrogens is 278 g/mol. The molecule has 0 fully saturated rings. The predicted molar refractivity (Wildman–Crippen MR) is 87.7 cm³/mol. The molecule has 0 spiro atoms. The van der Waals surface area contributed by atoms with Crippen molar-refractivity contribution < 1.29 is 9.59 Å². The number of carbonyl (C=O) groups excluding carboxylic acids is 2. The largest absolute Gasteiger partial charge is 0.321 e. The Morgan fingerprint density at radius 2 is 1.95 bits per heavy atom. The summed E-state index contributed by atoms with van der Waals surface area (Å²) in [5, 5.41) is 8.08. The third-order valence-corrected chi connectivity index (χ3v) is 3.75. The summed E-state index contributed by atoms with van der Waals surface area (Å²) in [5.74, 6) is -0.300. The van der Waals surface area contributed by atoms with Crippen molar-refractivity contribution >= 4 is 23.2 Å². The molecule has 0 bridgehead atoms. The molecule has 0 saturated carbocycles. The van der Waals surface area contributed by atoms with Crippen molar-refractivity contribution in [1.82, 2.24) is 5.01 Å². The van der Waals surface area contributed by atoms with Crippen LogP contribution in [0.1, 0.15) is 44.6 Å². The second-order valence-corrected chi connectivity index (χ2v) is 5.57. The Labute approximate surface area is 131 Å². The SMILES string of the molecule is CCCCCc1ccc(NC(=O)C2=NN(C)C(=O)CC2)cc1. The summed E-state index contributed by atoms with van der Waals surface area (Å²) in [6.45, 7) is 2.19. The molecule has 2 rings (SSSR count). The van der Waals surface area contributed by atoms with Gasteiger partial charge in [-0.25, -0.2) is 5.01 Å². The molecule has 1 aliphatic heterocycles. The third-order valence-electron chi connectivity index (χ3n) is 3.75. The number of rotatable bonds is 6. The summed E-state index contributed by atoms with van der Waals surface area (Å²) in [7, 11) is 1.57. The van der Waals surface area contributed by atoms with E-state index in [4.69, 9.17) is 0 Å². The van der Waals surface area contributed by atoms with Crippen LogP contribution in [0.5, 0.6) is 0 Å². The smallest absolute Gasteiger partial charge is 0.271 e. The number of nitrogens with zero attached hydrogens (tertiary/aromatic N) is 2. The minimum atomic E-state index is -0.238. The van der Waals surface area contributed by atoms with Gasteiger partial charge >= 0.3 is 0 Å². The van der Waals surface area contributed by atoms with Crippen molar-refractivity contribution in [2.75, 3.05) is 12.4 Å². The van der Waals surface area contributed by atoms with Gasteiger partial charge in [0.25, 0.3) is 5.91 Å². The Balaban J connectivity index is 1.92. The van der Waals surface area contributed by atoms with Crippen molar-refractivity contribution in [3.63, 3.8) is 0 Å². The van der Waals surface area contributed by atoms with Crippen LogP contribution >= 0.6 is 0 Å². The molecule has 5 heteroatoms. The topological polar surface area (TPSA) is 61.8 Å². The number of unbranched alkanes of at least 4 members (excludes halogenated alkanes) is 2. The van der Waals surface area contributed by atoms with Crippen LogP contribution in [0.25, 0.3) is 0 Å². The summed E-state index contributed by atoms with van der Waals surface area (Å²) in [6, 6.07) is 7.92. The van der Waals surface area contributed by atoms with Crippen molar-refractivity contribution in [3.8, 4) is 0 Å². The Bertz CT molecular complexity index is 564. The molecule has 0 saturated heterocycles. The minimum Gasteiger partial charge on any atom is -0.321 e. The lowest BCUT2D eigenvalue weighted by molar-refractivity contribution is -0.130. The molecule has 1 heterocycles. The first kappa shape index (κ1) is 16.2. The van der Waals surface area contributed by atoms with Crippen LogP contribution in [0.3, 0.4) is 0 Å². The maximum atomic E-state index is 12.1. The van der Waals surface area contributed by atoms with Gasteiger partial charge in [-0.15, -0.1) is 0 Å². The van der Waals surface area contributed by atoms with Gasteiger partial charge in [0.05, 0.1) is 0 Å². The van der Waals surface area contributed by atoms with Crippen molar-refractivity contribution in [2.45, 2.75) is 45.4 Å². The minimum absolute atomic E-state index is 0.0621. The Hall–Kier alpha value is -2.17. The van der Waals surface area contributed by atoms with Gasteiger partial charge in [0.1, 0.15) is 5.71 Å². The average molecular weight is 301 g/mol. The number of carbonyl (C=O) groups is 2. The van der Waals surface area contributed by atoms with Crippen LogP contribution in [-0.2, 0) is 16.0 Å². The highest BCUT2D eigenvalue weighted by Gasteiger charge is 2.21. The molecule has 1 aliphatic rings. The fourth-order valence-corrected chi connectivity index (χ4v) is 2.37. The fourth-order valence-electron chi connectivity index (χ4n) is 2.37. The second kappa shape index (κ2) is 7.73. The lowest BCUT2D eigenvalue weighted by Gasteiger charge is -2.18. The number of anilines is 1. The van der Waals surface area contributed by atoms with Gasteiger partial charge < -0.3 is 5.32 Å². The lowest BCUT2D eigenvalue weighted by Crippen LogP contribution is -2.34. The highest BCUT2D eigenvalue weighted by molar-refractivity contribution is 6.43. The highest BCUT2D eigenvalue weighted by Crippen LogP contribution is 2.14. The Morgan fingerprint density at radius 1 is 1.23 bits per heavy atom. The van der Waals surface area contributed by atoms with Crippen LogP contribution in [-0.4, -0.2) is 29.6 Å². The van der Waals surface area contributed by atoms with E-state index in [9.17, 15) is 9.59 Å². The zero-order valence-electron chi connectivity index (χ0n) is 13.3. The summed E-state index contributed by atoms with van der Waals surface area (Å²) in [4.78, 5) is 23.5. The zero-order valence-corrected chi connectivity index (χ0v) is 13.3. The molecule has 118 valence electrons. The number of benzene rings is 1. The number of hydrogen-bond acceptors (Lipinski definition) is 3. The molecule has 0 aliphatic carbocycles. The quantitative estimate of drug-likeness (QED) is 0.821. The molecule has 0 radical (unpaired) electrons. The average Bonchev–Trinajstić information content (AvgIpc) is 2.52. The number of nitrogens with one attached hydrogen (secondary N) is 1. The molecule has 5 nitrogen and oxygen atoms in total. The van der Waals surface area contributed by atoms with E-state index in [0.29, 0.717) is 18.6 Å². The van der Waals surface area contributed by atoms with Gasteiger partial charge in [-0.2, -0.15) is 5.10 Å². The van der Waals surface area contributed by atoms with Gasteiger partial charge in [-0.1, -0.05) is 31.9 Å². The second-order valence-electron chi connectivity index (χ2n) is 5.57. The first-order valence-electron chi connectivity index (χ1n) is 7.84. The van der Waals surface area contributed by atoms with E-state index >= 15 is 0 Å². The van der Waals surface area contributed by atoms with Gasteiger partial charge in [0.15, 0.2) is 0 Å². The van der Waals surface area contributed by atoms with E-state index in [0.717, 1.165) is 12.1 Å². The molecule has 1 aromatic rings. The molecule has 22 heavy (non-hydrogen) atoms. The monoisotopic (exact) mass is 301 g/mol. The normalized spacial score (nSPS) is 14.7. The standard InChI is InChI=1S/C17H23N3O2/c1-3-4-5-6-13-7-9-14(10-8-13)18-17(22)15-11-12-16(21)20(2)19-15/h7-10H,3-6,11-12H2,1-2H3,(H,18,22). The molecule has 0 atom stereocenters. The van der Waals surface area contributed by atoms with Gasteiger partial charge in [0.2, 0.25) is 5.91 Å². The van der Waals surface area contributed by atoms with Gasteiger partial charge in [-0.05, 0) is 30.5 Å². The molecule has 1 N–H and O–H groups in total. The van der Waals surface area contributed by atoms with E-state index in [-0.39, 0.29) is 11.8 Å². The first-order chi connectivity index (χ1) is 10.6. The first-order valence-corrected chi connectivity index (χ1v) is 7.84. The number of aryl methyl sites for hydroxylation is 1. The maximum absolute atomic E-state index is 12.1. The van der Waals surface area contributed by atoms with Gasteiger partial charge in [0, 0.05) is 25.6 Å². The van der Waals surface area contributed by atoms with E-state index in [2.05, 4.69) is 17.3 Å². The van der Waals surface area contributed by atoms with Crippen LogP contribution in [0.2, 0.25) is 0 Å². The molecule has 2 amide bonds. The number of amides is 2. The van der Waals surface area contributed by atoms with Crippen LogP contribution in [0.4, 0.5) is 5.69 Å². The molecule has 0 unspecified atom stereocenters. The van der Waals surface area contributed by atoms with Gasteiger partial charge in [-0.3, -0.25) is 9.59 Å². The van der Waals surface area contributed by atoms with Crippen molar-refractivity contribution in [3.05, 3.63) is 29.8 Å². The Morgan fingerprint density at radius 3 is 2.59 bits per heavy atom. The molecule has 0 aromatic heterocycles. The number of hydrazone groups is 1. The van der Waals surface area contributed by atoms with E-state index in [1.54, 1.807) is 7.05 Å². The predicted octanol–water partition coefficient (Wildman–Crippen LogP) is 2.97. The van der Waals surface area contributed by atoms with E-state index in [1.165, 1.54) is 29.8 Å². The summed E-state index contributed by atoms with van der Waals surface area (Å²) < 4.78 is 0. The fraction of sp³-hybridized carbons (Fsp3) is 0.471. The van der Waals surface area contributed by atoms with Crippen LogP contribution in [0, 0.1) is 0 Å². The molecular formula is C17H23N3O2. The van der Waals surface area contributed by atoms with Crippen molar-refractivity contribution in [2.24, 2.45) is 5.10 Å². The molecule has 1 aromatic carbocycles. The summed E-state index contributed by atoms with van der Waals surface area (Å²) in [6.07, 6.45) is 5.45. The van der Waals surface area contributed by atoms with Crippen LogP contribution < -0.4 is 5.32 Å². The van der Waals surface area contributed by atoms with Crippen molar-refractivity contribution in [1.29, 1.82) is 0 Å². The highest BCUT2D eigenvalue weighted by atomic mass is 16.2. The van der Waals surface area contributed by atoms with Crippen LogP contribution in [0.15, 0.2) is 29.4 Å². The van der Waals surface area contributed by atoms with E-state index < -0.39 is 0 Å². The van der Waals surface area contributed by atoms with E-state index in [1.807, 2.05) is 24.3 Å². The maximum Gasteiger partial charge on any atom is 0.271 e. The summed E-state index contributed by atoms with van der Waals surface area (Å²) >= 11 is 0.